The molecule has 0 saturated carbocycles. The van der Waals surface area contributed by atoms with Crippen LogP contribution in [-0.2, 0) is 0 Å². The van der Waals surface area contributed by atoms with E-state index in [0.717, 1.165) is 0 Å². The van der Waals surface area contributed by atoms with Crippen molar-refractivity contribution in [1.29, 1.82) is 0 Å². The summed E-state index contributed by atoms with van der Waals surface area (Å²) in [6, 6.07) is 0. The summed E-state index contributed by atoms with van der Waals surface area (Å²) < 4.78 is 0. The minimum Gasteiger partial charge on any atom is -0.0625 e. The Balaban J connectivity index is 2.93. The summed E-state index contributed by atoms with van der Waals surface area (Å²) in [5, 5.41) is 0. The lowest BCUT2D eigenvalue weighted by Crippen LogP contribution is -1.90. The van der Waals surface area contributed by atoms with Crippen molar-refractivity contribution in [2.45, 2.75) is 33.6 Å². The van der Waals surface area contributed by atoms with Gasteiger partial charge in [-0.3, -0.25) is 0 Å². The molecule has 0 fully saturated rings. The molecule has 1 atom stereocenters. The van der Waals surface area contributed by atoms with E-state index < -0.39 is 0 Å². The van der Waals surface area contributed by atoms with Crippen molar-refractivity contribution < 1.29 is 0 Å². The third-order valence-electron chi connectivity index (χ3n) is 1.14. The maximum atomic E-state index is 3.90. The number of rotatable bonds is 3. The van der Waals surface area contributed by atoms with Crippen LogP contribution in [0.5, 0.6) is 0 Å². The molecule has 0 aliphatic rings. The highest BCUT2D eigenvalue weighted by Gasteiger charge is 1.96. The minimum absolute atomic E-state index is 0.616. The maximum absolute atomic E-state index is 3.90. The predicted molar refractivity (Wildman–Crippen MR) is 38.3 cm³/mol. The summed E-state index contributed by atoms with van der Waals surface area (Å²) in [6.07, 6.45) is 2.48. The van der Waals surface area contributed by atoms with Crippen molar-refractivity contribution in [2.75, 3.05) is 0 Å². The van der Waals surface area contributed by atoms with Gasteiger partial charge in [0.25, 0.3) is 0 Å². The molecule has 2 radical (unpaired) electrons. The zero-order valence-electron chi connectivity index (χ0n) is 6.20. The molecular weight excluding hydrogens is 96.1 g/mol. The Labute approximate surface area is 53.3 Å². The molecular formula is C8H16. The van der Waals surface area contributed by atoms with Crippen molar-refractivity contribution >= 4 is 0 Å². The highest BCUT2D eigenvalue weighted by atomic mass is 14.0. The van der Waals surface area contributed by atoms with E-state index in [-0.39, 0.29) is 0 Å². The van der Waals surface area contributed by atoms with E-state index in [2.05, 4.69) is 27.7 Å². The third-order valence-corrected chi connectivity index (χ3v) is 1.14. The largest absolute Gasteiger partial charge is 0.0625 e. The average Bonchev–Trinajstić information content (AvgIpc) is 1.61. The first-order valence-corrected chi connectivity index (χ1v) is 3.25. The summed E-state index contributed by atoms with van der Waals surface area (Å²) in [5.41, 5.74) is 0. The van der Waals surface area contributed by atoms with Crippen LogP contribution in [0.4, 0.5) is 0 Å². The average molecular weight is 112 g/mol. The predicted octanol–water partition coefficient (Wildman–Crippen LogP) is 2.85. The molecule has 0 nitrogen and oxygen atoms in total. The van der Waals surface area contributed by atoms with Gasteiger partial charge in [0.05, 0.1) is 0 Å². The molecule has 0 aromatic carbocycles. The second-order valence-corrected chi connectivity index (χ2v) is 2.85. The van der Waals surface area contributed by atoms with Crippen LogP contribution in [0.2, 0.25) is 0 Å². The molecule has 0 aliphatic carbocycles. The van der Waals surface area contributed by atoms with Gasteiger partial charge in [0, 0.05) is 0 Å². The van der Waals surface area contributed by atoms with E-state index in [1.165, 1.54) is 18.8 Å². The van der Waals surface area contributed by atoms with E-state index in [1.54, 1.807) is 0 Å². The van der Waals surface area contributed by atoms with Crippen LogP contribution in [-0.4, -0.2) is 0 Å². The molecule has 1 unspecified atom stereocenters. The lowest BCUT2D eigenvalue weighted by Gasteiger charge is -2.05. The molecule has 8 heavy (non-hydrogen) atoms. The lowest BCUT2D eigenvalue weighted by atomic mass is 10.0. The second kappa shape index (κ2) is 3.94. The molecule has 0 saturated heterocycles. The van der Waals surface area contributed by atoms with Gasteiger partial charge in [-0.25, -0.2) is 0 Å². The van der Waals surface area contributed by atoms with Gasteiger partial charge < -0.3 is 0 Å². The van der Waals surface area contributed by atoms with Gasteiger partial charge in [0.1, 0.15) is 0 Å². The molecule has 0 spiro atoms. The van der Waals surface area contributed by atoms with Crippen molar-refractivity contribution in [2.24, 2.45) is 5.92 Å². The Morgan fingerprint density at radius 3 is 2.12 bits per heavy atom. The van der Waals surface area contributed by atoms with E-state index in [9.17, 15) is 0 Å². The number of hydrogen-bond donors (Lipinski definition) is 0. The topological polar surface area (TPSA) is 0 Å². The Bertz CT molecular complexity index is 36.0. The third kappa shape index (κ3) is 6.00. The quantitative estimate of drug-likeness (QED) is 0.526. The SMILES string of the molecule is [CH2]C(C)CC[C](C)C. The van der Waals surface area contributed by atoms with E-state index in [0.29, 0.717) is 5.92 Å². The monoisotopic (exact) mass is 112 g/mol. The van der Waals surface area contributed by atoms with E-state index >= 15 is 0 Å². The van der Waals surface area contributed by atoms with Crippen LogP contribution in [0.3, 0.4) is 0 Å². The summed E-state index contributed by atoms with van der Waals surface area (Å²) in [4.78, 5) is 0. The molecule has 0 bridgehead atoms. The lowest BCUT2D eigenvalue weighted by molar-refractivity contribution is 0.612. The smallest absolute Gasteiger partial charge is 0.0303 e. The van der Waals surface area contributed by atoms with E-state index in [1.807, 2.05) is 0 Å². The second-order valence-electron chi connectivity index (χ2n) is 2.85. The molecule has 0 heterocycles. The maximum Gasteiger partial charge on any atom is -0.0303 e. The van der Waals surface area contributed by atoms with Crippen molar-refractivity contribution in [1.82, 2.24) is 0 Å². The van der Waals surface area contributed by atoms with Crippen LogP contribution >= 0.6 is 0 Å². The molecule has 0 aromatic rings. The zero-order valence-corrected chi connectivity index (χ0v) is 6.20. The molecule has 0 amide bonds. The van der Waals surface area contributed by atoms with Crippen LogP contribution in [0, 0.1) is 18.8 Å². The summed E-state index contributed by atoms with van der Waals surface area (Å²) in [7, 11) is 0. The molecule has 0 aromatic heterocycles. The standard InChI is InChI=1S/C8H16/c1-7(2)5-6-8(3)4/h7H,1,5-6H2,2-4H3. The van der Waals surface area contributed by atoms with Gasteiger partial charge in [-0.2, -0.15) is 0 Å². The fourth-order valence-electron chi connectivity index (χ4n) is 0.535. The first-order chi connectivity index (χ1) is 3.63. The summed E-state index contributed by atoms with van der Waals surface area (Å²) in [6.45, 7) is 10.4. The Hall–Kier alpha value is 0. The van der Waals surface area contributed by atoms with Crippen molar-refractivity contribution in [3.8, 4) is 0 Å². The highest BCUT2D eigenvalue weighted by Crippen LogP contribution is 2.11. The first kappa shape index (κ1) is 8.00. The Kier molecular flexibility index (Phi) is 3.94. The number of hydrogen-bond acceptors (Lipinski definition) is 0. The van der Waals surface area contributed by atoms with Crippen LogP contribution in [0.25, 0.3) is 0 Å². The first-order valence-electron chi connectivity index (χ1n) is 3.25. The molecule has 0 rings (SSSR count). The van der Waals surface area contributed by atoms with Crippen LogP contribution in [0.15, 0.2) is 0 Å². The van der Waals surface area contributed by atoms with Crippen molar-refractivity contribution in [3.63, 3.8) is 0 Å². The van der Waals surface area contributed by atoms with Gasteiger partial charge >= 0.3 is 0 Å². The zero-order chi connectivity index (χ0) is 6.57. The van der Waals surface area contributed by atoms with Crippen LogP contribution < -0.4 is 0 Å². The Morgan fingerprint density at radius 1 is 1.50 bits per heavy atom. The summed E-state index contributed by atoms with van der Waals surface area (Å²) in [5.74, 6) is 2.13. The van der Waals surface area contributed by atoms with Crippen LogP contribution in [0.1, 0.15) is 33.6 Å². The normalized spacial score (nSPS) is 11.2. The minimum atomic E-state index is 0.616. The van der Waals surface area contributed by atoms with Crippen molar-refractivity contribution in [3.05, 3.63) is 12.8 Å². The highest BCUT2D eigenvalue weighted by molar-refractivity contribution is 4.77. The molecule has 0 heteroatoms. The summed E-state index contributed by atoms with van der Waals surface area (Å²) >= 11 is 0. The fraction of sp³-hybridized carbons (Fsp3) is 0.750. The molecule has 0 aliphatic heterocycles. The van der Waals surface area contributed by atoms with Gasteiger partial charge in [-0.1, -0.05) is 34.1 Å². The van der Waals surface area contributed by atoms with Gasteiger partial charge in [0.2, 0.25) is 0 Å². The van der Waals surface area contributed by atoms with Gasteiger partial charge in [-0.05, 0) is 18.3 Å². The van der Waals surface area contributed by atoms with Gasteiger partial charge in [0.15, 0.2) is 0 Å². The molecule has 48 valence electrons. The Morgan fingerprint density at radius 2 is 2.00 bits per heavy atom. The van der Waals surface area contributed by atoms with Gasteiger partial charge in [-0.15, -0.1) is 0 Å². The molecule has 0 N–H and O–H groups in total. The fourth-order valence-corrected chi connectivity index (χ4v) is 0.535. The van der Waals surface area contributed by atoms with E-state index in [4.69, 9.17) is 0 Å².